The number of rotatable bonds is 2. The van der Waals surface area contributed by atoms with Crippen molar-refractivity contribution >= 4 is 39.1 Å². The zero-order chi connectivity index (χ0) is 10.3. The van der Waals surface area contributed by atoms with Crippen LogP contribution in [0.3, 0.4) is 0 Å². The second-order valence-electron chi connectivity index (χ2n) is 2.38. The number of halogens is 3. The molecule has 0 atom stereocenters. The molecule has 1 aliphatic rings. The normalized spacial score (nSPS) is 15.6. The Hall–Kier alpha value is 1.52. The topological polar surface area (TPSA) is 6.48 Å². The summed E-state index contributed by atoms with van der Waals surface area (Å²) in [5, 5.41) is 0. The molecule has 0 saturated heterocycles. The van der Waals surface area contributed by atoms with Gasteiger partial charge in [0.25, 0.3) is 0 Å². The van der Waals surface area contributed by atoms with Gasteiger partial charge in [-0.05, 0) is 13.8 Å². The molecule has 1 rings (SSSR count). The van der Waals surface area contributed by atoms with Crippen LogP contribution in [0.5, 0.6) is 0 Å². The summed E-state index contributed by atoms with van der Waals surface area (Å²) in [7, 11) is 0. The zero-order valence-corrected chi connectivity index (χ0v) is 14.5. The molecule has 84 valence electrons. The van der Waals surface area contributed by atoms with Crippen LogP contribution >= 0.6 is 39.1 Å². The summed E-state index contributed by atoms with van der Waals surface area (Å²) in [6.07, 6.45) is 4.28. The fourth-order valence-electron chi connectivity index (χ4n) is 0.927. The molecule has 0 saturated carbocycles. The molecular formula is C7H14AuBr3N2. The van der Waals surface area contributed by atoms with Crippen molar-refractivity contribution in [3.63, 3.8) is 0 Å². The van der Waals surface area contributed by atoms with Gasteiger partial charge in [-0.1, -0.05) is 0 Å². The average Bonchev–Trinajstić information content (AvgIpc) is 2.50. The van der Waals surface area contributed by atoms with Gasteiger partial charge in [-0.25, -0.2) is 0 Å². The van der Waals surface area contributed by atoms with E-state index in [1.807, 2.05) is 0 Å². The molecule has 13 heavy (non-hydrogen) atoms. The predicted molar refractivity (Wildman–Crippen MR) is 65.5 cm³/mol. The van der Waals surface area contributed by atoms with Gasteiger partial charge >= 0.3 is 51.1 Å². The summed E-state index contributed by atoms with van der Waals surface area (Å²) in [5.74, 6) is 0. The van der Waals surface area contributed by atoms with Crippen LogP contribution in [-0.4, -0.2) is 29.6 Å². The van der Waals surface area contributed by atoms with Crippen LogP contribution in [0.15, 0.2) is 12.4 Å². The van der Waals surface area contributed by atoms with Gasteiger partial charge in [0.2, 0.25) is 0 Å². The first-order valence-corrected chi connectivity index (χ1v) is 18.1. The summed E-state index contributed by atoms with van der Waals surface area (Å²) in [6.45, 7) is 7.65. The van der Waals surface area contributed by atoms with Crippen molar-refractivity contribution in [2.75, 3.05) is 19.8 Å². The quantitative estimate of drug-likeness (QED) is 0.475. The van der Waals surface area contributed by atoms with Crippen molar-refractivity contribution in [3.8, 4) is 0 Å². The third kappa shape index (κ3) is 8.51. The second-order valence-corrected chi connectivity index (χ2v) is 30.8. The van der Waals surface area contributed by atoms with E-state index in [1.54, 1.807) is 0 Å². The molecule has 0 spiro atoms. The van der Waals surface area contributed by atoms with Crippen LogP contribution in [0.2, 0.25) is 0 Å². The van der Waals surface area contributed by atoms with Gasteiger partial charge in [-0.2, -0.15) is 0 Å². The molecule has 0 radical (unpaired) electrons. The maximum absolute atomic E-state index is 3.25. The Labute approximate surface area is 106 Å². The van der Waals surface area contributed by atoms with E-state index in [9.17, 15) is 0 Å². The van der Waals surface area contributed by atoms with Crippen molar-refractivity contribution in [1.29, 1.82) is 0 Å². The third-order valence-electron chi connectivity index (χ3n) is 1.66. The molecule has 6 heteroatoms. The SMILES string of the molecule is CCN1C=CN(CC)C1.[Br][Au]([Br])[Br]. The second kappa shape index (κ2) is 8.80. The molecule has 2 nitrogen and oxygen atoms in total. The van der Waals surface area contributed by atoms with Gasteiger partial charge in [0.05, 0.1) is 6.67 Å². The first-order chi connectivity index (χ1) is 6.10. The standard InChI is InChI=1S/C7H14N2.Au.3BrH/c1-3-8-5-6-9(4-2)7-8;;;;/h5-6H,3-4,7H2,1-2H3;;3*1H/q;+3;;;/p-3. The molecule has 0 N–H and O–H groups in total. The Morgan fingerprint density at radius 2 is 1.38 bits per heavy atom. The van der Waals surface area contributed by atoms with Gasteiger partial charge in [-0.3, -0.25) is 0 Å². The number of hydrogen-bond donors (Lipinski definition) is 0. The molecule has 0 aromatic heterocycles. The van der Waals surface area contributed by atoms with Gasteiger partial charge < -0.3 is 9.80 Å². The Morgan fingerprint density at radius 3 is 1.54 bits per heavy atom. The van der Waals surface area contributed by atoms with E-state index in [4.69, 9.17) is 0 Å². The van der Waals surface area contributed by atoms with Crippen LogP contribution in [0, 0.1) is 0 Å². The summed E-state index contributed by atoms with van der Waals surface area (Å²) < 4.78 is 0. The number of nitrogens with zero attached hydrogens (tertiary/aromatic N) is 2. The molecule has 1 heterocycles. The summed E-state index contributed by atoms with van der Waals surface area (Å²) in [4.78, 5) is 4.56. The van der Waals surface area contributed by atoms with Gasteiger partial charge in [0.1, 0.15) is 0 Å². The van der Waals surface area contributed by atoms with E-state index in [0.29, 0.717) is 0 Å². The van der Waals surface area contributed by atoms with Crippen LogP contribution in [-0.2, 0) is 12.0 Å². The van der Waals surface area contributed by atoms with Crippen molar-refractivity contribution < 1.29 is 12.0 Å². The van der Waals surface area contributed by atoms with Gasteiger partial charge in [0, 0.05) is 25.5 Å². The summed E-state index contributed by atoms with van der Waals surface area (Å²) in [6, 6.07) is 0. The first kappa shape index (κ1) is 14.5. The first-order valence-electron chi connectivity index (χ1n) is 3.87. The Kier molecular flexibility index (Phi) is 9.83. The minimum atomic E-state index is -0.766. The molecular weight excluding hydrogens is 549 g/mol. The zero-order valence-electron chi connectivity index (χ0n) is 7.61. The van der Waals surface area contributed by atoms with E-state index in [0.717, 1.165) is 19.8 Å². The Balaban J connectivity index is 0.000000310. The molecule has 0 fully saturated rings. The molecule has 0 unspecified atom stereocenters. The number of hydrogen-bond acceptors (Lipinski definition) is 2. The molecule has 1 aliphatic heterocycles. The minimum absolute atomic E-state index is 0.766. The van der Waals surface area contributed by atoms with E-state index >= 15 is 0 Å². The fraction of sp³-hybridized carbons (Fsp3) is 0.714. The molecule has 0 amide bonds. The fourth-order valence-corrected chi connectivity index (χ4v) is 0.927. The Bertz CT molecular complexity index is 140. The van der Waals surface area contributed by atoms with E-state index in [2.05, 4.69) is 75.1 Å². The monoisotopic (exact) mass is 560 g/mol. The van der Waals surface area contributed by atoms with Crippen LogP contribution < -0.4 is 0 Å². The maximum atomic E-state index is 3.25. The predicted octanol–water partition coefficient (Wildman–Crippen LogP) is 3.61. The average molecular weight is 563 g/mol. The van der Waals surface area contributed by atoms with Crippen LogP contribution in [0.25, 0.3) is 0 Å². The van der Waals surface area contributed by atoms with Crippen molar-refractivity contribution in [1.82, 2.24) is 9.80 Å². The van der Waals surface area contributed by atoms with E-state index < -0.39 is 12.0 Å². The molecule has 0 aromatic rings. The van der Waals surface area contributed by atoms with Gasteiger partial charge in [-0.15, -0.1) is 0 Å². The molecule has 0 aromatic carbocycles. The van der Waals surface area contributed by atoms with E-state index in [-0.39, 0.29) is 0 Å². The molecule has 0 bridgehead atoms. The summed E-state index contributed by atoms with van der Waals surface area (Å²) in [5.41, 5.74) is 0. The molecule has 0 aliphatic carbocycles. The third-order valence-corrected chi connectivity index (χ3v) is 1.66. The van der Waals surface area contributed by atoms with Crippen molar-refractivity contribution in [3.05, 3.63) is 12.4 Å². The van der Waals surface area contributed by atoms with Crippen LogP contribution in [0.1, 0.15) is 13.8 Å². The summed E-state index contributed by atoms with van der Waals surface area (Å²) >= 11 is 8.99. The van der Waals surface area contributed by atoms with Crippen molar-refractivity contribution in [2.24, 2.45) is 0 Å². The van der Waals surface area contributed by atoms with E-state index in [1.165, 1.54) is 0 Å². The Morgan fingerprint density at radius 1 is 1.08 bits per heavy atom. The van der Waals surface area contributed by atoms with Crippen LogP contribution in [0.4, 0.5) is 0 Å². The van der Waals surface area contributed by atoms with Crippen molar-refractivity contribution in [2.45, 2.75) is 13.8 Å². The van der Waals surface area contributed by atoms with Gasteiger partial charge in [0.15, 0.2) is 0 Å².